The minimum absolute atomic E-state index is 0.0940. The number of Topliss-reactive ketones (excluding diaryl/α,β-unsaturated/α-hetero) is 1. The fourth-order valence-corrected chi connectivity index (χ4v) is 8.05. The Morgan fingerprint density at radius 3 is 2.37 bits per heavy atom. The standard InChI is InChI=1S/C35H60N6O10/c1-12-25-35(8)28(41(33(46)51-35)16-14-13-15-37-39-36)23(6)38-30(44)19(2)18-34(7,47-11)29(21(4)26(42)22(5)31(45)49-25)50-32-27(43)24(40(9)10)17-20(3)48-32/h19-25,27-29,32,43H,12-18H2,1-11H3,(H,38,44)/t19-,20-,21+,22?,23-,24?,25-,27?,28-,29-,32+,34-,35-/m1/s1. The van der Waals surface area contributed by atoms with Crippen LogP contribution in [0.1, 0.15) is 87.5 Å². The van der Waals surface area contributed by atoms with Gasteiger partial charge in [0.2, 0.25) is 5.91 Å². The Bertz CT molecular complexity index is 1300. The van der Waals surface area contributed by atoms with E-state index in [0.29, 0.717) is 19.3 Å². The number of azide groups is 1. The Morgan fingerprint density at radius 1 is 1.12 bits per heavy atom. The highest BCUT2D eigenvalue weighted by molar-refractivity contribution is 6.00. The normalized spacial score (nSPS) is 40.0. The molecule has 0 radical (unpaired) electrons. The topological polar surface area (TPSA) is 202 Å². The van der Waals surface area contributed by atoms with E-state index in [4.69, 9.17) is 29.2 Å². The Kier molecular flexibility index (Phi) is 14.7. The van der Waals surface area contributed by atoms with E-state index in [-0.39, 0.29) is 44.0 Å². The lowest BCUT2D eigenvalue weighted by atomic mass is 9.78. The molecule has 0 spiro atoms. The molecule has 3 aliphatic heterocycles. The molecule has 16 heteroatoms. The largest absolute Gasteiger partial charge is 0.458 e. The number of carbonyl (C=O) groups is 4. The maximum absolute atomic E-state index is 14.2. The molecule has 3 aliphatic rings. The van der Waals surface area contributed by atoms with Crippen LogP contribution in [0.25, 0.3) is 10.4 Å². The average molecular weight is 725 g/mol. The van der Waals surface area contributed by atoms with Gasteiger partial charge in [0, 0.05) is 43.0 Å². The van der Waals surface area contributed by atoms with Crippen molar-refractivity contribution >= 4 is 23.8 Å². The highest BCUT2D eigenvalue weighted by Crippen LogP contribution is 2.40. The van der Waals surface area contributed by atoms with Gasteiger partial charge in [-0.15, -0.1) is 0 Å². The van der Waals surface area contributed by atoms with E-state index >= 15 is 0 Å². The van der Waals surface area contributed by atoms with E-state index in [1.54, 1.807) is 41.5 Å². The van der Waals surface area contributed by atoms with Gasteiger partial charge in [0.15, 0.2) is 17.7 Å². The van der Waals surface area contributed by atoms with Crippen molar-refractivity contribution in [3.8, 4) is 0 Å². The van der Waals surface area contributed by atoms with Crippen LogP contribution in [-0.4, -0.2) is 133 Å². The molecule has 13 atom stereocenters. The molecule has 0 aromatic heterocycles. The molecule has 0 saturated carbocycles. The average Bonchev–Trinajstić information content (AvgIpc) is 3.34. The number of cyclic esters (lactones) is 1. The summed E-state index contributed by atoms with van der Waals surface area (Å²) in [5, 5.41) is 18.0. The molecule has 16 nitrogen and oxygen atoms in total. The minimum atomic E-state index is -1.39. The van der Waals surface area contributed by atoms with Crippen LogP contribution in [0, 0.1) is 17.8 Å². The van der Waals surface area contributed by atoms with Gasteiger partial charge in [-0.1, -0.05) is 25.9 Å². The Morgan fingerprint density at radius 2 is 1.78 bits per heavy atom. The van der Waals surface area contributed by atoms with Crippen LogP contribution in [0.4, 0.5) is 4.79 Å². The number of likely N-dealkylation sites (N-methyl/N-ethyl adjacent to an activating group) is 1. The first-order chi connectivity index (χ1) is 23.9. The summed E-state index contributed by atoms with van der Waals surface area (Å²) in [6, 6.07) is -1.71. The summed E-state index contributed by atoms with van der Waals surface area (Å²) in [6.45, 7) is 14.2. The maximum atomic E-state index is 14.2. The zero-order valence-corrected chi connectivity index (χ0v) is 32.2. The van der Waals surface area contributed by atoms with Crippen LogP contribution in [0.5, 0.6) is 0 Å². The van der Waals surface area contributed by atoms with Crippen molar-refractivity contribution in [1.82, 2.24) is 15.1 Å². The third-order valence-corrected chi connectivity index (χ3v) is 11.0. The number of amides is 2. The van der Waals surface area contributed by atoms with Gasteiger partial charge in [-0.2, -0.15) is 0 Å². The van der Waals surface area contributed by atoms with E-state index in [1.165, 1.54) is 18.9 Å². The minimum Gasteiger partial charge on any atom is -0.458 e. The molecule has 3 fully saturated rings. The Hall–Kier alpha value is -3.01. The fourth-order valence-electron chi connectivity index (χ4n) is 8.05. The third kappa shape index (κ3) is 9.33. The second-order valence-electron chi connectivity index (χ2n) is 15.1. The fraction of sp³-hybridized carbons (Fsp3) is 0.886. The monoisotopic (exact) mass is 724 g/mol. The number of carbonyl (C=O) groups excluding carboxylic acids is 4. The number of methoxy groups -OCH3 is 1. The molecule has 0 aromatic carbocycles. The van der Waals surface area contributed by atoms with E-state index in [9.17, 15) is 24.3 Å². The number of hydrogen-bond acceptors (Lipinski definition) is 12. The van der Waals surface area contributed by atoms with Gasteiger partial charge in [0.05, 0.1) is 29.9 Å². The molecule has 3 saturated heterocycles. The summed E-state index contributed by atoms with van der Waals surface area (Å²) in [4.78, 5) is 61.6. The number of rotatable bonds is 10. The molecule has 3 unspecified atom stereocenters. The second-order valence-corrected chi connectivity index (χ2v) is 15.1. The van der Waals surface area contributed by atoms with Crippen LogP contribution < -0.4 is 5.32 Å². The van der Waals surface area contributed by atoms with Crippen molar-refractivity contribution in [1.29, 1.82) is 0 Å². The molecule has 2 N–H and O–H groups in total. The SMILES string of the molecule is CC[C@H]1OC(=O)C(C)C(=O)[C@H](C)[C@@H](O[C@@H]2O[C@H](C)CC(N(C)C)C2O)[C@](C)(OC)C[C@@H](C)C(=O)N[C@H](C)[C@H]2N(CCCCN=[N+]=[N-])C(=O)O[C@]12C. The maximum Gasteiger partial charge on any atom is 0.410 e. The summed E-state index contributed by atoms with van der Waals surface area (Å²) in [5.41, 5.74) is 5.98. The summed E-state index contributed by atoms with van der Waals surface area (Å²) in [5.74, 6) is -4.52. The summed E-state index contributed by atoms with van der Waals surface area (Å²) in [7, 11) is 5.18. The number of ketones is 1. The summed E-state index contributed by atoms with van der Waals surface area (Å²) in [6.07, 6.45) is -3.17. The van der Waals surface area contributed by atoms with Gasteiger partial charge in [-0.05, 0) is 86.3 Å². The first kappa shape index (κ1) is 42.4. The molecule has 2 amide bonds. The predicted octanol–water partition coefficient (Wildman–Crippen LogP) is 3.58. The molecule has 290 valence electrons. The lowest BCUT2D eigenvalue weighted by Gasteiger charge is -2.46. The summed E-state index contributed by atoms with van der Waals surface area (Å²) < 4.78 is 30.7. The smallest absolute Gasteiger partial charge is 0.410 e. The van der Waals surface area contributed by atoms with Crippen molar-refractivity contribution in [2.24, 2.45) is 22.9 Å². The quantitative estimate of drug-likeness (QED) is 0.0833. The highest BCUT2D eigenvalue weighted by Gasteiger charge is 2.59. The number of nitrogens with one attached hydrogen (secondary N) is 1. The lowest BCUT2D eigenvalue weighted by molar-refractivity contribution is -0.295. The third-order valence-electron chi connectivity index (χ3n) is 11.0. The number of aliphatic hydroxyl groups is 1. The van der Waals surface area contributed by atoms with Crippen molar-refractivity contribution in [3.05, 3.63) is 10.4 Å². The Labute approximate surface area is 301 Å². The van der Waals surface area contributed by atoms with Crippen LogP contribution >= 0.6 is 0 Å². The van der Waals surface area contributed by atoms with Crippen molar-refractivity contribution in [2.45, 2.75) is 148 Å². The number of nitrogens with zero attached hydrogens (tertiary/aromatic N) is 5. The van der Waals surface area contributed by atoms with E-state index in [1.807, 2.05) is 25.9 Å². The number of fused-ring (bicyclic) bond motifs is 1. The van der Waals surface area contributed by atoms with Gasteiger partial charge in [0.1, 0.15) is 18.1 Å². The number of esters is 1. The number of ether oxygens (including phenoxy) is 5. The zero-order valence-electron chi connectivity index (χ0n) is 32.2. The molecule has 0 aromatic rings. The number of hydrogen-bond donors (Lipinski definition) is 2. The zero-order chi connectivity index (χ0) is 38.4. The van der Waals surface area contributed by atoms with Crippen molar-refractivity contribution < 1.29 is 48.0 Å². The van der Waals surface area contributed by atoms with Gasteiger partial charge < -0.3 is 39.0 Å². The first-order valence-electron chi connectivity index (χ1n) is 18.1. The van der Waals surface area contributed by atoms with Crippen LogP contribution in [0.3, 0.4) is 0 Å². The molecule has 3 rings (SSSR count). The van der Waals surface area contributed by atoms with Gasteiger partial charge in [-0.25, -0.2) is 4.79 Å². The van der Waals surface area contributed by atoms with Crippen molar-refractivity contribution in [3.63, 3.8) is 0 Å². The van der Waals surface area contributed by atoms with Crippen molar-refractivity contribution in [2.75, 3.05) is 34.3 Å². The van der Waals surface area contributed by atoms with Gasteiger partial charge in [-0.3, -0.25) is 19.3 Å². The highest BCUT2D eigenvalue weighted by atomic mass is 16.7. The molecular weight excluding hydrogens is 664 g/mol. The summed E-state index contributed by atoms with van der Waals surface area (Å²) >= 11 is 0. The molecule has 0 bridgehead atoms. The molecule has 0 aliphatic carbocycles. The lowest BCUT2D eigenvalue weighted by Crippen LogP contribution is -2.61. The Balaban J connectivity index is 2.07. The van der Waals surface area contributed by atoms with Gasteiger partial charge >= 0.3 is 12.1 Å². The van der Waals surface area contributed by atoms with Crippen LogP contribution in [0.2, 0.25) is 0 Å². The molecular formula is C35H60N6O10. The molecule has 3 heterocycles. The first-order valence-corrected chi connectivity index (χ1v) is 18.1. The van der Waals surface area contributed by atoms with E-state index < -0.39 is 83.5 Å². The second kappa shape index (κ2) is 17.7. The van der Waals surface area contributed by atoms with Crippen LogP contribution in [-0.2, 0) is 38.1 Å². The van der Waals surface area contributed by atoms with E-state index in [2.05, 4.69) is 15.3 Å². The van der Waals surface area contributed by atoms with Gasteiger partial charge in [0.25, 0.3) is 0 Å². The molecule has 51 heavy (non-hydrogen) atoms. The number of unbranched alkanes of at least 4 members (excludes halogenated alkanes) is 1. The predicted molar refractivity (Wildman–Crippen MR) is 186 cm³/mol. The number of aliphatic hydroxyl groups excluding tert-OH is 1. The van der Waals surface area contributed by atoms with Crippen LogP contribution in [0.15, 0.2) is 5.11 Å². The van der Waals surface area contributed by atoms with E-state index in [0.717, 1.165) is 0 Å².